The molecule has 4 saturated carbocycles. The fourth-order valence-corrected chi connectivity index (χ4v) is 8.78. The Labute approximate surface area is 176 Å². The van der Waals surface area contributed by atoms with Crippen molar-refractivity contribution in [2.45, 2.75) is 88.3 Å². The molecule has 6 rings (SSSR count). The van der Waals surface area contributed by atoms with Gasteiger partial charge in [0.2, 0.25) is 0 Å². The van der Waals surface area contributed by atoms with Gasteiger partial charge in [0.15, 0.2) is 0 Å². The van der Waals surface area contributed by atoms with Crippen LogP contribution in [0.3, 0.4) is 0 Å². The third-order valence-corrected chi connectivity index (χ3v) is 10.2. The molecule has 3 N–H and O–H groups in total. The molecule has 0 aromatic carbocycles. The zero-order valence-electron chi connectivity index (χ0n) is 17.7. The van der Waals surface area contributed by atoms with Gasteiger partial charge in [-0.2, -0.15) is 0 Å². The van der Waals surface area contributed by atoms with Gasteiger partial charge in [-0.15, -0.1) is 0 Å². The lowest BCUT2D eigenvalue weighted by Gasteiger charge is -2.62. The van der Waals surface area contributed by atoms with Gasteiger partial charge in [0.05, 0.1) is 24.6 Å². The summed E-state index contributed by atoms with van der Waals surface area (Å²) >= 11 is 0. The van der Waals surface area contributed by atoms with Crippen LogP contribution in [0.25, 0.3) is 0 Å². The molecule has 4 aliphatic carbocycles. The predicted molar refractivity (Wildman–Crippen MR) is 108 cm³/mol. The van der Waals surface area contributed by atoms with Crippen molar-refractivity contribution in [1.82, 2.24) is 0 Å². The molecule has 6 heteroatoms. The summed E-state index contributed by atoms with van der Waals surface area (Å²) < 4.78 is 11.5. The highest BCUT2D eigenvalue weighted by Gasteiger charge is 2.84. The Morgan fingerprint density at radius 1 is 1.07 bits per heavy atom. The van der Waals surface area contributed by atoms with Crippen molar-refractivity contribution < 1.29 is 24.5 Å². The Morgan fingerprint density at radius 2 is 1.87 bits per heavy atom. The van der Waals surface area contributed by atoms with Gasteiger partial charge in [0.1, 0.15) is 11.7 Å². The highest BCUT2D eigenvalue weighted by Crippen LogP contribution is 2.77. The highest BCUT2D eigenvalue weighted by molar-refractivity contribution is 5.38. The van der Waals surface area contributed by atoms with Crippen molar-refractivity contribution >= 4 is 0 Å². The number of hydrogen-bond acceptors (Lipinski definition) is 6. The molecule has 1 aromatic rings. The van der Waals surface area contributed by atoms with Gasteiger partial charge >= 0.3 is 5.63 Å². The van der Waals surface area contributed by atoms with Gasteiger partial charge in [-0.1, -0.05) is 13.8 Å². The summed E-state index contributed by atoms with van der Waals surface area (Å²) in [6.07, 6.45) is 4.98. The van der Waals surface area contributed by atoms with Crippen LogP contribution in [0.5, 0.6) is 0 Å². The molecule has 0 unspecified atom stereocenters. The molecule has 1 saturated heterocycles. The normalized spacial score (nSPS) is 56.4. The predicted octanol–water partition coefficient (Wildman–Crippen LogP) is 2.20. The minimum Gasteiger partial charge on any atom is -0.431 e. The van der Waals surface area contributed by atoms with E-state index in [1.54, 1.807) is 6.07 Å². The molecule has 0 radical (unpaired) electrons. The molecular weight excluding hydrogens is 384 g/mol. The molecule has 164 valence electrons. The summed E-state index contributed by atoms with van der Waals surface area (Å²) in [7, 11) is 0. The van der Waals surface area contributed by atoms with E-state index in [4.69, 9.17) is 9.15 Å². The van der Waals surface area contributed by atoms with Crippen LogP contribution in [-0.4, -0.2) is 45.3 Å². The first kappa shape index (κ1) is 19.5. The first-order chi connectivity index (χ1) is 14.2. The van der Waals surface area contributed by atoms with Crippen molar-refractivity contribution in [1.29, 1.82) is 0 Å². The summed E-state index contributed by atoms with van der Waals surface area (Å²) in [4.78, 5) is 11.5. The highest BCUT2D eigenvalue weighted by atomic mass is 16.6. The molecular formula is C24H32O6. The maximum Gasteiger partial charge on any atom is 0.335 e. The lowest BCUT2D eigenvalue weighted by molar-refractivity contribution is -0.184. The zero-order chi connectivity index (χ0) is 21.1. The van der Waals surface area contributed by atoms with Gasteiger partial charge in [-0.05, 0) is 67.4 Å². The summed E-state index contributed by atoms with van der Waals surface area (Å²) in [5.41, 5.74) is -0.306. The van der Waals surface area contributed by atoms with Crippen LogP contribution >= 0.6 is 0 Å². The number of aliphatic hydroxyl groups is 3. The fraction of sp³-hybridized carbons (Fsp3) is 0.792. The standard InChI is InChI=1S/C24H32O6/c1-22-7-5-14(25)9-13(22)10-16(26)19-15(22)6-8-23(2)18(12-3-4-17(27)29-11-12)20(28)21-24(19,23)30-21/h3-4,11,13-16,18-21,25-26,28H,5-10H2,1-2H3/t13-,14-,15-,16-,18-,19-,20-,21+,22-,23+,24+/m0/s1. The number of hydrogen-bond donors (Lipinski definition) is 3. The quantitative estimate of drug-likeness (QED) is 0.607. The molecule has 2 heterocycles. The molecule has 0 amide bonds. The Morgan fingerprint density at radius 3 is 2.60 bits per heavy atom. The van der Waals surface area contributed by atoms with Crippen molar-refractivity contribution in [2.75, 3.05) is 0 Å². The maximum atomic E-state index is 11.5. The second kappa shape index (κ2) is 5.97. The van der Waals surface area contributed by atoms with Crippen LogP contribution in [0.4, 0.5) is 0 Å². The number of fused-ring (bicyclic) bond motifs is 3. The minimum absolute atomic E-state index is 0.00638. The van der Waals surface area contributed by atoms with E-state index in [9.17, 15) is 20.1 Å². The lowest BCUT2D eigenvalue weighted by Crippen LogP contribution is -2.62. The van der Waals surface area contributed by atoms with Crippen LogP contribution in [0.15, 0.2) is 27.6 Å². The maximum absolute atomic E-state index is 11.5. The summed E-state index contributed by atoms with van der Waals surface area (Å²) in [6.45, 7) is 4.56. The molecule has 1 aliphatic heterocycles. The second-order valence-electron chi connectivity index (χ2n) is 11.2. The molecule has 5 fully saturated rings. The van der Waals surface area contributed by atoms with Crippen LogP contribution in [0, 0.1) is 28.6 Å². The number of epoxide rings is 1. The van der Waals surface area contributed by atoms with Crippen molar-refractivity contribution in [3.05, 3.63) is 34.4 Å². The largest absolute Gasteiger partial charge is 0.431 e. The first-order valence-electron chi connectivity index (χ1n) is 11.5. The molecule has 0 bridgehead atoms. The monoisotopic (exact) mass is 416 g/mol. The van der Waals surface area contributed by atoms with Gasteiger partial charge in [0, 0.05) is 23.3 Å². The first-order valence-corrected chi connectivity index (χ1v) is 11.5. The lowest BCUT2D eigenvalue weighted by atomic mass is 9.43. The van der Waals surface area contributed by atoms with Gasteiger partial charge in [-0.3, -0.25) is 0 Å². The average Bonchev–Trinajstić information content (AvgIpc) is 3.40. The molecule has 6 nitrogen and oxygen atoms in total. The molecule has 1 aromatic heterocycles. The molecule has 5 aliphatic rings. The Hall–Kier alpha value is -1.21. The van der Waals surface area contributed by atoms with E-state index in [2.05, 4.69) is 13.8 Å². The van der Waals surface area contributed by atoms with Crippen molar-refractivity contribution in [3.63, 3.8) is 0 Å². The van der Waals surface area contributed by atoms with Crippen molar-refractivity contribution in [2.24, 2.45) is 28.6 Å². The Bertz CT molecular complexity index is 908. The summed E-state index contributed by atoms with van der Waals surface area (Å²) in [5.74, 6) is 0.484. The smallest absolute Gasteiger partial charge is 0.335 e. The van der Waals surface area contributed by atoms with E-state index in [-0.39, 0.29) is 34.9 Å². The Balaban J connectivity index is 1.41. The second-order valence-corrected chi connectivity index (χ2v) is 11.2. The topological polar surface area (TPSA) is 103 Å². The van der Waals surface area contributed by atoms with Gasteiger partial charge in [0.25, 0.3) is 0 Å². The van der Waals surface area contributed by atoms with Gasteiger partial charge in [-0.25, -0.2) is 4.79 Å². The summed E-state index contributed by atoms with van der Waals surface area (Å²) in [5, 5.41) is 32.9. The summed E-state index contributed by atoms with van der Waals surface area (Å²) in [6, 6.07) is 3.19. The van der Waals surface area contributed by atoms with Crippen LogP contribution in [0.1, 0.15) is 63.9 Å². The minimum atomic E-state index is -0.674. The average molecular weight is 417 g/mol. The molecule has 30 heavy (non-hydrogen) atoms. The van der Waals surface area contributed by atoms with E-state index < -0.39 is 23.4 Å². The van der Waals surface area contributed by atoms with E-state index in [0.29, 0.717) is 18.3 Å². The van der Waals surface area contributed by atoms with Crippen molar-refractivity contribution in [3.8, 4) is 0 Å². The van der Waals surface area contributed by atoms with E-state index >= 15 is 0 Å². The SMILES string of the molecule is C[C@]12CC[C@H](O)C[C@H]1C[C@H](O)[C@@H]1[C@@H]2CC[C@]2(C)[C@@H](c3ccc(=O)oc3)[C@H](O)[C@H]3O[C@]132. The number of aliphatic hydroxyl groups excluding tert-OH is 3. The number of rotatable bonds is 1. The molecule has 1 spiro atoms. The third-order valence-electron chi connectivity index (χ3n) is 10.2. The Kier molecular flexibility index (Phi) is 3.88. The van der Waals surface area contributed by atoms with E-state index in [1.807, 2.05) is 0 Å². The van der Waals surface area contributed by atoms with E-state index in [1.165, 1.54) is 12.3 Å². The van der Waals surface area contributed by atoms with Crippen LogP contribution in [-0.2, 0) is 4.74 Å². The van der Waals surface area contributed by atoms with Gasteiger partial charge < -0.3 is 24.5 Å². The third kappa shape index (κ3) is 2.16. The van der Waals surface area contributed by atoms with Crippen LogP contribution < -0.4 is 5.63 Å². The molecule has 11 atom stereocenters. The zero-order valence-corrected chi connectivity index (χ0v) is 17.7. The van der Waals surface area contributed by atoms with Crippen LogP contribution in [0.2, 0.25) is 0 Å². The van der Waals surface area contributed by atoms with E-state index in [0.717, 1.165) is 37.7 Å². The fourth-order valence-electron chi connectivity index (χ4n) is 8.78. The number of ether oxygens (including phenoxy) is 1.